The molecule has 0 aromatic rings. The molecule has 5 heteroatoms. The highest BCUT2D eigenvalue weighted by molar-refractivity contribution is 5.59. The highest BCUT2D eigenvalue weighted by Gasteiger charge is 2.33. The lowest BCUT2D eigenvalue weighted by Crippen LogP contribution is -2.40. The predicted molar refractivity (Wildman–Crippen MR) is 52.6 cm³/mol. The van der Waals surface area contributed by atoms with E-state index in [0.29, 0.717) is 12.8 Å². The topological polar surface area (TPSA) is 20.3 Å². The number of aldehydes is 1. The van der Waals surface area contributed by atoms with Crippen molar-refractivity contribution >= 4 is 6.29 Å². The van der Waals surface area contributed by atoms with Crippen LogP contribution in [0.25, 0.3) is 0 Å². The van der Waals surface area contributed by atoms with Gasteiger partial charge in [-0.25, -0.2) is 0 Å². The van der Waals surface area contributed by atoms with Crippen LogP contribution in [0.3, 0.4) is 0 Å². The first-order valence-electron chi connectivity index (χ1n) is 5.00. The van der Waals surface area contributed by atoms with E-state index in [1.165, 1.54) is 7.05 Å². The average Bonchev–Trinajstić information content (AvgIpc) is 2.11. The molecule has 0 amide bonds. The number of hydrogen-bond acceptors (Lipinski definition) is 2. The van der Waals surface area contributed by atoms with Crippen LogP contribution in [0.4, 0.5) is 13.2 Å². The van der Waals surface area contributed by atoms with Crippen molar-refractivity contribution in [2.24, 2.45) is 5.41 Å². The first-order chi connectivity index (χ1) is 6.78. The van der Waals surface area contributed by atoms with Crippen LogP contribution in [0.5, 0.6) is 0 Å². The molecule has 0 N–H and O–H groups in total. The number of carbonyl (C=O) groups excluding carboxylic acids is 1. The molecule has 0 rings (SSSR count). The Kier molecular flexibility index (Phi) is 5.28. The van der Waals surface area contributed by atoms with Gasteiger partial charge in [0.15, 0.2) is 0 Å². The lowest BCUT2D eigenvalue weighted by atomic mass is 9.83. The molecule has 0 saturated carbocycles. The van der Waals surface area contributed by atoms with Crippen LogP contribution in [-0.4, -0.2) is 37.5 Å². The first-order valence-corrected chi connectivity index (χ1v) is 5.00. The fourth-order valence-electron chi connectivity index (χ4n) is 1.58. The Bertz CT molecular complexity index is 199. The maximum Gasteiger partial charge on any atom is 0.401 e. The van der Waals surface area contributed by atoms with Crippen LogP contribution in [0.2, 0.25) is 0 Å². The number of nitrogens with zero attached hydrogens (tertiary/aromatic N) is 1. The van der Waals surface area contributed by atoms with Gasteiger partial charge in [0.05, 0.1) is 6.54 Å². The van der Waals surface area contributed by atoms with E-state index in [0.717, 1.165) is 11.2 Å². The highest BCUT2D eigenvalue weighted by Crippen LogP contribution is 2.26. The molecule has 0 aliphatic carbocycles. The second kappa shape index (κ2) is 5.49. The second-order valence-corrected chi connectivity index (χ2v) is 3.97. The standard InChI is InChI=1S/C10H18F3NO/c1-4-9(5-2,8-15)6-14(3)7-10(11,12)13/h8H,4-7H2,1-3H3. The molecule has 90 valence electrons. The summed E-state index contributed by atoms with van der Waals surface area (Å²) in [5, 5.41) is 0. The van der Waals surface area contributed by atoms with Gasteiger partial charge in [-0.2, -0.15) is 13.2 Å². The summed E-state index contributed by atoms with van der Waals surface area (Å²) in [6.07, 6.45) is -2.30. The minimum atomic E-state index is -4.20. The van der Waals surface area contributed by atoms with Crippen molar-refractivity contribution in [3.63, 3.8) is 0 Å². The summed E-state index contributed by atoms with van der Waals surface area (Å²) in [5.74, 6) is 0. The van der Waals surface area contributed by atoms with E-state index >= 15 is 0 Å². The number of carbonyl (C=O) groups is 1. The number of alkyl halides is 3. The zero-order chi connectivity index (χ0) is 12.1. The third-order valence-corrected chi connectivity index (χ3v) is 2.69. The van der Waals surface area contributed by atoms with Crippen LogP contribution in [0.15, 0.2) is 0 Å². The molecule has 15 heavy (non-hydrogen) atoms. The molecule has 0 spiro atoms. The Hall–Kier alpha value is -0.580. The van der Waals surface area contributed by atoms with Gasteiger partial charge in [-0.3, -0.25) is 4.90 Å². The molecular formula is C10H18F3NO. The van der Waals surface area contributed by atoms with E-state index in [1.807, 2.05) is 13.8 Å². The molecular weight excluding hydrogens is 207 g/mol. The normalized spacial score (nSPS) is 13.3. The van der Waals surface area contributed by atoms with Crippen molar-refractivity contribution in [3.05, 3.63) is 0 Å². The van der Waals surface area contributed by atoms with E-state index in [9.17, 15) is 18.0 Å². The maximum absolute atomic E-state index is 12.1. The molecule has 0 aliphatic rings. The van der Waals surface area contributed by atoms with Crippen LogP contribution >= 0.6 is 0 Å². The van der Waals surface area contributed by atoms with Gasteiger partial charge >= 0.3 is 6.18 Å². The largest absolute Gasteiger partial charge is 0.401 e. The molecule has 0 aliphatic heterocycles. The molecule has 0 heterocycles. The fraction of sp³-hybridized carbons (Fsp3) is 0.900. The fourth-order valence-corrected chi connectivity index (χ4v) is 1.58. The minimum absolute atomic E-state index is 0.156. The summed E-state index contributed by atoms with van der Waals surface area (Å²) in [4.78, 5) is 12.0. The SMILES string of the molecule is CCC(C=O)(CC)CN(C)CC(F)(F)F. The number of rotatable bonds is 6. The van der Waals surface area contributed by atoms with Crippen molar-refractivity contribution < 1.29 is 18.0 Å². The monoisotopic (exact) mass is 225 g/mol. The lowest BCUT2D eigenvalue weighted by Gasteiger charge is -2.30. The zero-order valence-corrected chi connectivity index (χ0v) is 9.40. The van der Waals surface area contributed by atoms with Crippen molar-refractivity contribution in [1.29, 1.82) is 0 Å². The summed E-state index contributed by atoms with van der Waals surface area (Å²) in [7, 11) is 1.39. The van der Waals surface area contributed by atoms with Crippen LogP contribution < -0.4 is 0 Å². The van der Waals surface area contributed by atoms with E-state index in [-0.39, 0.29) is 6.54 Å². The molecule has 0 atom stereocenters. The molecule has 0 saturated heterocycles. The molecule has 0 radical (unpaired) electrons. The highest BCUT2D eigenvalue weighted by atomic mass is 19.4. The summed E-state index contributed by atoms with van der Waals surface area (Å²) >= 11 is 0. The molecule has 0 aromatic carbocycles. The van der Waals surface area contributed by atoms with E-state index < -0.39 is 18.1 Å². The Morgan fingerprint density at radius 3 is 1.87 bits per heavy atom. The maximum atomic E-state index is 12.1. The van der Waals surface area contributed by atoms with Gasteiger partial charge in [-0.05, 0) is 19.9 Å². The summed E-state index contributed by atoms with van der Waals surface area (Å²) < 4.78 is 36.2. The van der Waals surface area contributed by atoms with Crippen molar-refractivity contribution in [2.75, 3.05) is 20.1 Å². The van der Waals surface area contributed by atoms with Crippen molar-refractivity contribution in [3.8, 4) is 0 Å². The number of hydrogen-bond donors (Lipinski definition) is 0. The lowest BCUT2D eigenvalue weighted by molar-refractivity contribution is -0.147. The number of halogens is 3. The van der Waals surface area contributed by atoms with E-state index in [1.54, 1.807) is 0 Å². The third kappa shape index (κ3) is 5.16. The second-order valence-electron chi connectivity index (χ2n) is 3.97. The Labute approximate surface area is 88.4 Å². The summed E-state index contributed by atoms with van der Waals surface area (Å²) in [6.45, 7) is 2.82. The molecule has 0 bridgehead atoms. The predicted octanol–water partition coefficient (Wildman–Crippen LogP) is 2.49. The van der Waals surface area contributed by atoms with Gasteiger partial charge < -0.3 is 4.79 Å². The molecule has 0 fully saturated rings. The molecule has 0 unspecified atom stereocenters. The summed E-state index contributed by atoms with van der Waals surface area (Å²) in [6, 6.07) is 0. The van der Waals surface area contributed by atoms with Gasteiger partial charge in [-0.1, -0.05) is 13.8 Å². The van der Waals surface area contributed by atoms with Crippen LogP contribution in [0, 0.1) is 5.41 Å². The quantitative estimate of drug-likeness (QED) is 0.647. The first kappa shape index (κ1) is 14.4. The van der Waals surface area contributed by atoms with Gasteiger partial charge in [0.2, 0.25) is 0 Å². The van der Waals surface area contributed by atoms with Gasteiger partial charge in [0.1, 0.15) is 6.29 Å². The smallest absolute Gasteiger partial charge is 0.303 e. The van der Waals surface area contributed by atoms with Crippen LogP contribution in [0.1, 0.15) is 26.7 Å². The van der Waals surface area contributed by atoms with Crippen LogP contribution in [-0.2, 0) is 4.79 Å². The Morgan fingerprint density at radius 1 is 1.13 bits per heavy atom. The van der Waals surface area contributed by atoms with E-state index in [2.05, 4.69) is 0 Å². The summed E-state index contributed by atoms with van der Waals surface area (Å²) in [5.41, 5.74) is -0.639. The van der Waals surface area contributed by atoms with Gasteiger partial charge in [0, 0.05) is 12.0 Å². The molecule has 2 nitrogen and oxygen atoms in total. The van der Waals surface area contributed by atoms with Crippen molar-refractivity contribution in [2.45, 2.75) is 32.9 Å². The van der Waals surface area contributed by atoms with E-state index in [4.69, 9.17) is 0 Å². The van der Waals surface area contributed by atoms with Crippen molar-refractivity contribution in [1.82, 2.24) is 4.90 Å². The van der Waals surface area contributed by atoms with Gasteiger partial charge in [-0.15, -0.1) is 0 Å². The molecule has 0 aromatic heterocycles. The Balaban J connectivity index is 4.36. The van der Waals surface area contributed by atoms with Gasteiger partial charge in [0.25, 0.3) is 0 Å². The zero-order valence-electron chi connectivity index (χ0n) is 9.40. The Morgan fingerprint density at radius 2 is 1.60 bits per heavy atom. The third-order valence-electron chi connectivity index (χ3n) is 2.69. The minimum Gasteiger partial charge on any atom is -0.303 e. The average molecular weight is 225 g/mol.